The smallest absolute Gasteiger partial charge is 0.356 e. The van der Waals surface area contributed by atoms with Gasteiger partial charge in [-0.15, -0.1) is 10.2 Å². The SMILES string of the molecule is O=C(O)c1cnc(C(=O)Nc2nnc(CC3CCCCC3)s2)cn1. The average molecular weight is 347 g/mol. The fraction of sp³-hybridized carbons (Fsp3) is 0.467. The van der Waals surface area contributed by atoms with Crippen LogP contribution in [0.4, 0.5) is 5.13 Å². The number of carboxylic acids is 1. The summed E-state index contributed by atoms with van der Waals surface area (Å²) in [4.78, 5) is 30.3. The molecular weight excluding hydrogens is 330 g/mol. The Labute approximate surface area is 142 Å². The van der Waals surface area contributed by atoms with Crippen LogP contribution in [0.1, 0.15) is 58.1 Å². The Morgan fingerprint density at radius 3 is 2.50 bits per heavy atom. The Morgan fingerprint density at radius 1 is 1.12 bits per heavy atom. The molecule has 1 aliphatic rings. The third-order valence-corrected chi connectivity index (χ3v) is 4.84. The zero-order chi connectivity index (χ0) is 16.9. The Balaban J connectivity index is 1.59. The van der Waals surface area contributed by atoms with Crippen molar-refractivity contribution in [1.82, 2.24) is 20.2 Å². The highest BCUT2D eigenvalue weighted by atomic mass is 32.1. The molecule has 24 heavy (non-hydrogen) atoms. The molecule has 1 saturated carbocycles. The van der Waals surface area contributed by atoms with Crippen molar-refractivity contribution in [1.29, 1.82) is 0 Å². The van der Waals surface area contributed by atoms with Crippen LogP contribution < -0.4 is 5.32 Å². The molecule has 9 heteroatoms. The molecule has 1 aliphatic carbocycles. The summed E-state index contributed by atoms with van der Waals surface area (Å²) in [5.74, 6) is -1.02. The van der Waals surface area contributed by atoms with Gasteiger partial charge in [-0.25, -0.2) is 14.8 Å². The van der Waals surface area contributed by atoms with Crippen molar-refractivity contribution in [3.63, 3.8) is 0 Å². The standard InChI is InChI=1S/C15H17N5O3S/c21-13(10-7-17-11(8-16-10)14(22)23)18-15-20-19-12(24-15)6-9-4-2-1-3-5-9/h7-9H,1-6H2,(H,22,23)(H,18,20,21). The van der Waals surface area contributed by atoms with Gasteiger partial charge in [-0.1, -0.05) is 43.4 Å². The van der Waals surface area contributed by atoms with Crippen LogP contribution in [-0.2, 0) is 6.42 Å². The van der Waals surface area contributed by atoms with Crippen LogP contribution in [0.15, 0.2) is 12.4 Å². The number of hydrogen-bond donors (Lipinski definition) is 2. The first-order valence-electron chi connectivity index (χ1n) is 7.81. The minimum atomic E-state index is -1.19. The average Bonchev–Trinajstić information content (AvgIpc) is 3.02. The number of nitrogens with zero attached hydrogens (tertiary/aromatic N) is 4. The molecule has 0 aliphatic heterocycles. The van der Waals surface area contributed by atoms with E-state index in [1.807, 2.05) is 0 Å². The zero-order valence-electron chi connectivity index (χ0n) is 12.9. The van der Waals surface area contributed by atoms with E-state index in [9.17, 15) is 9.59 Å². The lowest BCUT2D eigenvalue weighted by molar-refractivity contribution is 0.0689. The third kappa shape index (κ3) is 4.10. The number of carboxylic acid groups (broad SMARTS) is 1. The first kappa shape index (κ1) is 16.4. The monoisotopic (exact) mass is 347 g/mol. The molecule has 0 atom stereocenters. The maximum absolute atomic E-state index is 12.1. The van der Waals surface area contributed by atoms with Gasteiger partial charge in [0.1, 0.15) is 10.7 Å². The summed E-state index contributed by atoms with van der Waals surface area (Å²) in [6.07, 6.45) is 9.40. The molecule has 0 spiro atoms. The normalized spacial score (nSPS) is 15.2. The summed E-state index contributed by atoms with van der Waals surface area (Å²) in [5, 5.41) is 20.8. The van der Waals surface area contributed by atoms with Crippen LogP contribution in [0.25, 0.3) is 0 Å². The van der Waals surface area contributed by atoms with Crippen molar-refractivity contribution in [2.24, 2.45) is 5.92 Å². The van der Waals surface area contributed by atoms with Crippen molar-refractivity contribution < 1.29 is 14.7 Å². The molecule has 0 unspecified atom stereocenters. The van der Waals surface area contributed by atoms with Gasteiger partial charge in [0.15, 0.2) is 5.69 Å². The number of nitrogens with one attached hydrogen (secondary N) is 1. The van der Waals surface area contributed by atoms with E-state index in [4.69, 9.17) is 5.11 Å². The van der Waals surface area contributed by atoms with Crippen LogP contribution >= 0.6 is 11.3 Å². The predicted octanol–water partition coefficient (Wildman–Crippen LogP) is 2.40. The van der Waals surface area contributed by atoms with Gasteiger partial charge in [0, 0.05) is 6.42 Å². The van der Waals surface area contributed by atoms with E-state index < -0.39 is 11.9 Å². The Hall–Kier alpha value is -2.42. The lowest BCUT2D eigenvalue weighted by Crippen LogP contribution is -2.15. The highest BCUT2D eigenvalue weighted by Gasteiger charge is 2.18. The first-order chi connectivity index (χ1) is 11.6. The summed E-state index contributed by atoms with van der Waals surface area (Å²) in [7, 11) is 0. The summed E-state index contributed by atoms with van der Waals surface area (Å²) < 4.78 is 0. The number of hydrogen-bond acceptors (Lipinski definition) is 7. The largest absolute Gasteiger partial charge is 0.476 e. The van der Waals surface area contributed by atoms with Gasteiger partial charge >= 0.3 is 5.97 Å². The van der Waals surface area contributed by atoms with Gasteiger partial charge in [-0.2, -0.15) is 0 Å². The Kier molecular flexibility index (Phi) is 5.09. The van der Waals surface area contributed by atoms with E-state index in [0.717, 1.165) is 23.8 Å². The molecule has 126 valence electrons. The van der Waals surface area contributed by atoms with Crippen LogP contribution in [-0.4, -0.2) is 37.1 Å². The van der Waals surface area contributed by atoms with Gasteiger partial charge in [-0.05, 0) is 5.92 Å². The fourth-order valence-electron chi connectivity index (χ4n) is 2.74. The van der Waals surface area contributed by atoms with E-state index in [1.165, 1.54) is 43.4 Å². The quantitative estimate of drug-likeness (QED) is 0.852. The molecule has 2 N–H and O–H groups in total. The number of aromatic nitrogens is 4. The zero-order valence-corrected chi connectivity index (χ0v) is 13.8. The molecule has 1 amide bonds. The van der Waals surface area contributed by atoms with Gasteiger partial charge in [-0.3, -0.25) is 10.1 Å². The highest BCUT2D eigenvalue weighted by Crippen LogP contribution is 2.28. The van der Waals surface area contributed by atoms with Crippen molar-refractivity contribution in [2.45, 2.75) is 38.5 Å². The number of anilines is 1. The molecule has 8 nitrogen and oxygen atoms in total. The van der Waals surface area contributed by atoms with E-state index in [1.54, 1.807) is 0 Å². The maximum Gasteiger partial charge on any atom is 0.356 e. The molecule has 2 aromatic rings. The highest BCUT2D eigenvalue weighted by molar-refractivity contribution is 7.15. The molecule has 1 fully saturated rings. The number of rotatable bonds is 5. The molecule has 2 heterocycles. The van der Waals surface area contributed by atoms with E-state index in [-0.39, 0.29) is 11.4 Å². The van der Waals surface area contributed by atoms with Crippen LogP contribution in [0.3, 0.4) is 0 Å². The van der Waals surface area contributed by atoms with Crippen molar-refractivity contribution in [3.8, 4) is 0 Å². The number of carbonyl (C=O) groups is 2. The predicted molar refractivity (Wildman–Crippen MR) is 87.1 cm³/mol. The minimum Gasteiger partial charge on any atom is -0.476 e. The Bertz CT molecular complexity index is 725. The van der Waals surface area contributed by atoms with E-state index in [0.29, 0.717) is 11.0 Å². The Morgan fingerprint density at radius 2 is 1.83 bits per heavy atom. The van der Waals surface area contributed by atoms with E-state index in [2.05, 4.69) is 25.5 Å². The lowest BCUT2D eigenvalue weighted by Gasteiger charge is -2.19. The van der Waals surface area contributed by atoms with Gasteiger partial charge in [0.2, 0.25) is 5.13 Å². The summed E-state index contributed by atoms with van der Waals surface area (Å²) in [6.45, 7) is 0. The molecule has 0 saturated heterocycles. The van der Waals surface area contributed by atoms with E-state index >= 15 is 0 Å². The van der Waals surface area contributed by atoms with Gasteiger partial charge < -0.3 is 5.11 Å². The summed E-state index contributed by atoms with van der Waals surface area (Å²) in [5.41, 5.74) is -0.179. The molecule has 3 rings (SSSR count). The topological polar surface area (TPSA) is 118 Å². The molecule has 0 radical (unpaired) electrons. The van der Waals surface area contributed by atoms with Crippen LogP contribution in [0, 0.1) is 5.92 Å². The lowest BCUT2D eigenvalue weighted by atomic mass is 9.87. The third-order valence-electron chi connectivity index (χ3n) is 3.98. The first-order valence-corrected chi connectivity index (χ1v) is 8.62. The molecule has 2 aromatic heterocycles. The minimum absolute atomic E-state index is 0.0315. The number of carbonyl (C=O) groups excluding carboxylic acids is 1. The maximum atomic E-state index is 12.1. The second-order valence-electron chi connectivity index (χ2n) is 5.76. The molecule has 0 bridgehead atoms. The van der Waals surface area contributed by atoms with Crippen molar-refractivity contribution in [2.75, 3.05) is 5.32 Å². The number of aromatic carboxylic acids is 1. The van der Waals surface area contributed by atoms with Crippen LogP contribution in [0.5, 0.6) is 0 Å². The fourth-order valence-corrected chi connectivity index (χ4v) is 3.59. The van der Waals surface area contributed by atoms with Crippen molar-refractivity contribution in [3.05, 3.63) is 28.8 Å². The second kappa shape index (κ2) is 7.43. The van der Waals surface area contributed by atoms with Crippen LogP contribution in [0.2, 0.25) is 0 Å². The van der Waals surface area contributed by atoms with Gasteiger partial charge in [0.05, 0.1) is 12.4 Å². The summed E-state index contributed by atoms with van der Waals surface area (Å²) in [6, 6.07) is 0. The summed E-state index contributed by atoms with van der Waals surface area (Å²) >= 11 is 1.36. The second-order valence-corrected chi connectivity index (χ2v) is 6.82. The molecular formula is C15H17N5O3S. The number of amides is 1. The van der Waals surface area contributed by atoms with Gasteiger partial charge in [0.25, 0.3) is 5.91 Å². The van der Waals surface area contributed by atoms with Crippen molar-refractivity contribution >= 4 is 28.3 Å². The molecule has 0 aromatic carbocycles.